The van der Waals surface area contributed by atoms with Crippen LogP contribution < -0.4 is 4.74 Å². The summed E-state index contributed by atoms with van der Waals surface area (Å²) < 4.78 is 10.9. The Morgan fingerprint density at radius 2 is 1.88 bits per heavy atom. The highest BCUT2D eigenvalue weighted by atomic mass is 16.5. The Morgan fingerprint density at radius 3 is 2.62 bits per heavy atom. The van der Waals surface area contributed by atoms with Crippen molar-refractivity contribution in [3.05, 3.63) is 77.9 Å². The van der Waals surface area contributed by atoms with E-state index in [2.05, 4.69) is 25.2 Å². The van der Waals surface area contributed by atoms with Gasteiger partial charge in [0.15, 0.2) is 5.78 Å². The summed E-state index contributed by atoms with van der Waals surface area (Å²) in [6.45, 7) is 3.45. The number of hydrogen-bond donors (Lipinski definition) is 1. The van der Waals surface area contributed by atoms with Gasteiger partial charge >= 0.3 is 0 Å². The number of aliphatic hydroxyl groups is 1. The molecule has 0 heterocycles. The largest absolute Gasteiger partial charge is 0.497 e. The Morgan fingerprint density at radius 1 is 1.06 bits per heavy atom. The molecule has 0 spiro atoms. The van der Waals surface area contributed by atoms with Gasteiger partial charge in [0.2, 0.25) is 0 Å². The van der Waals surface area contributed by atoms with Crippen molar-refractivity contribution >= 4 is 5.78 Å². The third-order valence-electron chi connectivity index (χ3n) is 5.48. The lowest BCUT2D eigenvalue weighted by atomic mass is 9.96. The number of ether oxygens (including phenoxy) is 2. The van der Waals surface area contributed by atoms with Crippen molar-refractivity contribution in [3.8, 4) is 5.75 Å². The molecule has 2 rings (SSSR count). The summed E-state index contributed by atoms with van der Waals surface area (Å²) in [4.78, 5) is 12.1. The molecule has 0 bridgehead atoms. The first-order valence-corrected chi connectivity index (χ1v) is 11.7. The fraction of sp³-hybridized carbons (Fsp3) is 0.464. The van der Waals surface area contributed by atoms with Crippen molar-refractivity contribution in [2.75, 3.05) is 13.7 Å². The second-order valence-corrected chi connectivity index (χ2v) is 8.10. The summed E-state index contributed by atoms with van der Waals surface area (Å²) in [7, 11) is 1.67. The lowest BCUT2D eigenvalue weighted by molar-refractivity contribution is -0.111. The van der Waals surface area contributed by atoms with Gasteiger partial charge in [-0.1, -0.05) is 55.5 Å². The monoisotopic (exact) mass is 438 g/mol. The van der Waals surface area contributed by atoms with E-state index in [-0.39, 0.29) is 11.7 Å². The SMILES string of the molecule is CC/C=C\C[C@@H](O)C/C=C1/C(=O)C=C[C@@H]1C/C=C\CCCCOCc1ccc(OC)cc1. The molecule has 0 unspecified atom stereocenters. The molecule has 0 aromatic heterocycles. The number of hydrogen-bond acceptors (Lipinski definition) is 4. The summed E-state index contributed by atoms with van der Waals surface area (Å²) >= 11 is 0. The van der Waals surface area contributed by atoms with Crippen molar-refractivity contribution in [2.24, 2.45) is 5.92 Å². The predicted molar refractivity (Wildman–Crippen MR) is 131 cm³/mol. The number of carbonyl (C=O) groups is 1. The molecule has 4 nitrogen and oxygen atoms in total. The molecule has 0 aliphatic heterocycles. The van der Waals surface area contributed by atoms with E-state index in [1.54, 1.807) is 13.2 Å². The van der Waals surface area contributed by atoms with Gasteiger partial charge in [0, 0.05) is 18.1 Å². The lowest BCUT2D eigenvalue weighted by Gasteiger charge is -2.10. The molecule has 0 saturated heterocycles. The third kappa shape index (κ3) is 9.80. The highest BCUT2D eigenvalue weighted by molar-refractivity contribution is 6.07. The minimum Gasteiger partial charge on any atom is -0.497 e. The van der Waals surface area contributed by atoms with Gasteiger partial charge in [0.05, 0.1) is 19.8 Å². The molecule has 1 aromatic rings. The summed E-state index contributed by atoms with van der Waals surface area (Å²) in [5.74, 6) is 1.07. The summed E-state index contributed by atoms with van der Waals surface area (Å²) in [6.07, 6.45) is 19.6. The molecule has 1 aliphatic carbocycles. The van der Waals surface area contributed by atoms with E-state index in [0.29, 0.717) is 19.4 Å². The van der Waals surface area contributed by atoms with E-state index >= 15 is 0 Å². The summed E-state index contributed by atoms with van der Waals surface area (Å²) in [5, 5.41) is 10.1. The minimum atomic E-state index is -0.429. The van der Waals surface area contributed by atoms with Crippen molar-refractivity contribution in [1.29, 1.82) is 0 Å². The van der Waals surface area contributed by atoms with Crippen LogP contribution >= 0.6 is 0 Å². The van der Waals surface area contributed by atoms with Gasteiger partial charge in [-0.3, -0.25) is 4.79 Å². The smallest absolute Gasteiger partial charge is 0.181 e. The van der Waals surface area contributed by atoms with Gasteiger partial charge < -0.3 is 14.6 Å². The number of allylic oxidation sites excluding steroid dienone is 6. The van der Waals surface area contributed by atoms with Crippen LogP contribution in [0.25, 0.3) is 0 Å². The number of methoxy groups -OCH3 is 1. The molecule has 0 saturated carbocycles. The first-order chi connectivity index (χ1) is 15.6. The van der Waals surface area contributed by atoms with Crippen molar-refractivity contribution in [2.45, 2.75) is 64.6 Å². The molecular formula is C28H38O4. The molecule has 1 aliphatic rings. The molecule has 0 fully saturated rings. The summed E-state index contributed by atoms with van der Waals surface area (Å²) in [5.41, 5.74) is 1.97. The summed E-state index contributed by atoms with van der Waals surface area (Å²) in [6, 6.07) is 7.95. The van der Waals surface area contributed by atoms with Gasteiger partial charge in [-0.15, -0.1) is 0 Å². The topological polar surface area (TPSA) is 55.8 Å². The van der Waals surface area contributed by atoms with Crippen LogP contribution in [-0.4, -0.2) is 30.7 Å². The zero-order chi connectivity index (χ0) is 23.0. The van der Waals surface area contributed by atoms with E-state index in [0.717, 1.165) is 55.6 Å². The van der Waals surface area contributed by atoms with E-state index < -0.39 is 6.10 Å². The van der Waals surface area contributed by atoms with Gasteiger partial charge in [0.1, 0.15) is 5.75 Å². The Bertz CT molecular complexity index is 786. The highest BCUT2D eigenvalue weighted by Gasteiger charge is 2.21. The molecule has 1 aromatic carbocycles. The first kappa shape index (κ1) is 25.8. The Labute approximate surface area is 193 Å². The maximum atomic E-state index is 12.1. The molecule has 0 radical (unpaired) electrons. The molecule has 4 heteroatoms. The zero-order valence-electron chi connectivity index (χ0n) is 19.5. The molecular weight excluding hydrogens is 400 g/mol. The number of carbonyl (C=O) groups excluding carboxylic acids is 1. The number of benzene rings is 1. The van der Waals surface area contributed by atoms with E-state index in [1.807, 2.05) is 42.5 Å². The zero-order valence-corrected chi connectivity index (χ0v) is 19.5. The predicted octanol–water partition coefficient (Wildman–Crippen LogP) is 6.12. The quantitative estimate of drug-likeness (QED) is 0.204. The third-order valence-corrected chi connectivity index (χ3v) is 5.48. The fourth-order valence-electron chi connectivity index (χ4n) is 3.56. The van der Waals surface area contributed by atoms with Crippen molar-refractivity contribution < 1.29 is 19.4 Å². The van der Waals surface area contributed by atoms with Crippen LogP contribution in [-0.2, 0) is 16.1 Å². The van der Waals surface area contributed by atoms with E-state index in [9.17, 15) is 9.90 Å². The van der Waals surface area contributed by atoms with Gasteiger partial charge in [-0.2, -0.15) is 0 Å². The fourth-order valence-corrected chi connectivity index (χ4v) is 3.56. The van der Waals surface area contributed by atoms with Crippen molar-refractivity contribution in [3.63, 3.8) is 0 Å². The van der Waals surface area contributed by atoms with Crippen LogP contribution in [0.3, 0.4) is 0 Å². The number of unbranched alkanes of at least 4 members (excludes halogenated alkanes) is 2. The second-order valence-electron chi connectivity index (χ2n) is 8.10. The van der Waals surface area contributed by atoms with Crippen LogP contribution in [0, 0.1) is 5.92 Å². The second kappa shape index (κ2) is 15.4. The Kier molecular flexibility index (Phi) is 12.4. The maximum Gasteiger partial charge on any atom is 0.181 e. The Balaban J connectivity index is 1.60. The number of ketones is 1. The van der Waals surface area contributed by atoms with Gasteiger partial charge in [-0.25, -0.2) is 0 Å². The molecule has 32 heavy (non-hydrogen) atoms. The van der Waals surface area contributed by atoms with Gasteiger partial charge in [0.25, 0.3) is 0 Å². The number of aliphatic hydroxyl groups excluding tert-OH is 1. The molecule has 0 amide bonds. The van der Waals surface area contributed by atoms with Crippen LogP contribution in [0.2, 0.25) is 0 Å². The van der Waals surface area contributed by atoms with Crippen LogP contribution in [0.15, 0.2) is 72.4 Å². The average molecular weight is 439 g/mol. The molecule has 2 atom stereocenters. The highest BCUT2D eigenvalue weighted by Crippen LogP contribution is 2.26. The normalized spacial score (nSPS) is 18.4. The standard InChI is InChI=1S/C28H38O4/c1-3-4-8-12-25(29)16-19-27-24(15-20-28(27)30)11-9-6-5-7-10-21-32-22-23-13-17-26(31-2)18-14-23/h4,6,8-9,13-15,17-20,24-25,29H,3,5,7,10-12,16,21-22H2,1-2H3/b8-4-,9-6-,27-19+/t24-,25+/m0/s1. The van der Waals surface area contributed by atoms with Crippen LogP contribution in [0.5, 0.6) is 5.75 Å². The lowest BCUT2D eigenvalue weighted by Crippen LogP contribution is -2.07. The van der Waals surface area contributed by atoms with Crippen LogP contribution in [0.1, 0.15) is 57.4 Å². The van der Waals surface area contributed by atoms with E-state index in [4.69, 9.17) is 9.47 Å². The van der Waals surface area contributed by atoms with Crippen LogP contribution in [0.4, 0.5) is 0 Å². The van der Waals surface area contributed by atoms with Crippen molar-refractivity contribution in [1.82, 2.24) is 0 Å². The molecule has 174 valence electrons. The molecule has 1 N–H and O–H groups in total. The van der Waals surface area contributed by atoms with Gasteiger partial charge in [-0.05, 0) is 68.7 Å². The average Bonchev–Trinajstić information content (AvgIpc) is 3.16. The van der Waals surface area contributed by atoms with E-state index in [1.165, 1.54) is 0 Å². The number of rotatable bonds is 15. The maximum absolute atomic E-state index is 12.1. The Hall–Kier alpha value is -2.43. The minimum absolute atomic E-state index is 0.0775. The first-order valence-electron chi connectivity index (χ1n) is 11.7.